The minimum Gasteiger partial charge on any atom is -0.445 e. The number of carbonyl (C=O) groups excluding carboxylic acids is 2. The molecule has 1 atom stereocenters. The minimum absolute atomic E-state index is 0.0968. The van der Waals surface area contributed by atoms with Crippen LogP contribution in [0.3, 0.4) is 0 Å². The number of amides is 2. The van der Waals surface area contributed by atoms with Crippen molar-refractivity contribution in [2.75, 3.05) is 11.9 Å². The van der Waals surface area contributed by atoms with E-state index in [0.717, 1.165) is 11.1 Å². The summed E-state index contributed by atoms with van der Waals surface area (Å²) in [6.45, 7) is 0.0968. The second kappa shape index (κ2) is 8.20. The number of fused-ring (bicyclic) bond motifs is 1. The number of likely N-dealkylation sites (N-methyl/N-ethyl adjacent to an activating group) is 1. The molecule has 8 heteroatoms. The summed E-state index contributed by atoms with van der Waals surface area (Å²) in [6.07, 6.45) is 1.60. The van der Waals surface area contributed by atoms with E-state index in [1.54, 1.807) is 19.4 Å². The monoisotopic (exact) mass is 403 g/mol. The normalized spacial score (nSPS) is 15.8. The summed E-state index contributed by atoms with van der Waals surface area (Å²) in [6, 6.07) is 16.7. The lowest BCUT2D eigenvalue weighted by Gasteiger charge is -2.20. The van der Waals surface area contributed by atoms with Crippen molar-refractivity contribution >= 4 is 23.4 Å². The molecule has 2 aromatic carbocycles. The van der Waals surface area contributed by atoms with Gasteiger partial charge in [0.25, 0.3) is 5.91 Å². The number of aliphatic imine (C=N–C) groups is 1. The molecule has 152 valence electrons. The smallest absolute Gasteiger partial charge is 0.409 e. The van der Waals surface area contributed by atoms with Gasteiger partial charge in [0.1, 0.15) is 12.3 Å². The van der Waals surface area contributed by atoms with Gasteiger partial charge in [0.2, 0.25) is 6.17 Å². The molecule has 8 nitrogen and oxygen atoms in total. The van der Waals surface area contributed by atoms with Gasteiger partial charge in [-0.1, -0.05) is 48.5 Å². The molecular weight excluding hydrogens is 382 g/mol. The average molecular weight is 403 g/mol. The summed E-state index contributed by atoms with van der Waals surface area (Å²) < 4.78 is 7.09. The van der Waals surface area contributed by atoms with Gasteiger partial charge in [0.05, 0.1) is 5.69 Å². The molecule has 3 aromatic rings. The molecule has 1 aliphatic heterocycles. The lowest BCUT2D eigenvalue weighted by atomic mass is 10.1. The number of rotatable bonds is 4. The van der Waals surface area contributed by atoms with Crippen LogP contribution in [0.25, 0.3) is 0 Å². The van der Waals surface area contributed by atoms with Gasteiger partial charge < -0.3 is 14.2 Å². The summed E-state index contributed by atoms with van der Waals surface area (Å²) in [4.78, 5) is 35.9. The molecule has 1 N–H and O–H groups in total. The number of aryl methyl sites for hydroxylation is 1. The van der Waals surface area contributed by atoms with Crippen LogP contribution >= 0.6 is 0 Å². The zero-order chi connectivity index (χ0) is 21.1. The highest BCUT2D eigenvalue weighted by Crippen LogP contribution is 2.26. The third-order valence-electron chi connectivity index (χ3n) is 4.84. The van der Waals surface area contributed by atoms with E-state index in [4.69, 9.17) is 4.74 Å². The standard InChI is InChI=1S/C22H21N5O3/c1-26-13-12-23-20(26)18-16-10-6-7-11-17(16)27(2)21(28)19(24-18)25-22(29)30-14-15-8-4-3-5-9-15/h3-13,19H,14H2,1-2H3,(H,25,29)/t19-/m1/s1. The topological polar surface area (TPSA) is 88.8 Å². The third kappa shape index (κ3) is 3.80. The second-order valence-corrected chi connectivity index (χ2v) is 6.86. The molecule has 0 spiro atoms. The third-order valence-corrected chi connectivity index (χ3v) is 4.84. The van der Waals surface area contributed by atoms with Crippen molar-refractivity contribution < 1.29 is 14.3 Å². The molecule has 0 unspecified atom stereocenters. The van der Waals surface area contributed by atoms with Crippen molar-refractivity contribution in [3.05, 3.63) is 83.9 Å². The molecule has 2 heterocycles. The summed E-state index contributed by atoms with van der Waals surface area (Å²) in [5.74, 6) is 0.221. The van der Waals surface area contributed by atoms with Crippen LogP contribution in [0.5, 0.6) is 0 Å². The van der Waals surface area contributed by atoms with Gasteiger partial charge in [0, 0.05) is 32.1 Å². The van der Waals surface area contributed by atoms with Gasteiger partial charge in [-0.2, -0.15) is 0 Å². The van der Waals surface area contributed by atoms with E-state index in [9.17, 15) is 9.59 Å². The van der Waals surface area contributed by atoms with Gasteiger partial charge in [-0.25, -0.2) is 14.8 Å². The van der Waals surface area contributed by atoms with Crippen LogP contribution in [0.1, 0.15) is 17.0 Å². The van der Waals surface area contributed by atoms with Crippen LogP contribution in [0.15, 0.2) is 72.0 Å². The average Bonchev–Trinajstić information content (AvgIpc) is 3.16. The van der Waals surface area contributed by atoms with Crippen LogP contribution in [0, 0.1) is 0 Å². The Bertz CT molecular complexity index is 1110. The zero-order valence-electron chi connectivity index (χ0n) is 16.6. The molecule has 0 aliphatic carbocycles. The van der Waals surface area contributed by atoms with Gasteiger partial charge in [-0.15, -0.1) is 0 Å². The summed E-state index contributed by atoms with van der Waals surface area (Å²) in [5, 5.41) is 2.58. The molecule has 30 heavy (non-hydrogen) atoms. The zero-order valence-corrected chi connectivity index (χ0v) is 16.6. The highest BCUT2D eigenvalue weighted by molar-refractivity contribution is 6.18. The number of hydrogen-bond donors (Lipinski definition) is 1. The number of para-hydroxylation sites is 1. The number of nitrogens with zero attached hydrogens (tertiary/aromatic N) is 4. The highest BCUT2D eigenvalue weighted by Gasteiger charge is 2.32. The maximum atomic E-state index is 13.0. The lowest BCUT2D eigenvalue weighted by molar-refractivity contribution is -0.120. The van der Waals surface area contributed by atoms with Crippen molar-refractivity contribution in [2.45, 2.75) is 12.8 Å². The molecule has 0 bridgehead atoms. The van der Waals surface area contributed by atoms with E-state index in [1.165, 1.54) is 4.90 Å². The molecule has 0 radical (unpaired) electrons. The number of imidazole rings is 1. The van der Waals surface area contributed by atoms with Crippen molar-refractivity contribution in [3.63, 3.8) is 0 Å². The van der Waals surface area contributed by atoms with Gasteiger partial charge in [-0.05, 0) is 11.6 Å². The predicted molar refractivity (Wildman–Crippen MR) is 112 cm³/mol. The Kier molecular flexibility index (Phi) is 5.30. The molecule has 1 aliphatic rings. The van der Waals surface area contributed by atoms with Crippen LogP contribution < -0.4 is 10.2 Å². The number of aromatic nitrogens is 2. The van der Waals surface area contributed by atoms with Crippen molar-refractivity contribution in [3.8, 4) is 0 Å². The van der Waals surface area contributed by atoms with E-state index in [0.29, 0.717) is 17.2 Å². The van der Waals surface area contributed by atoms with Gasteiger partial charge in [-0.3, -0.25) is 10.1 Å². The van der Waals surface area contributed by atoms with E-state index >= 15 is 0 Å². The fourth-order valence-electron chi connectivity index (χ4n) is 3.26. The van der Waals surface area contributed by atoms with E-state index in [1.807, 2.05) is 66.2 Å². The van der Waals surface area contributed by atoms with Crippen molar-refractivity contribution in [1.29, 1.82) is 0 Å². The number of hydrogen-bond acceptors (Lipinski definition) is 5. The Hall–Kier alpha value is -3.94. The molecule has 4 rings (SSSR count). The van der Waals surface area contributed by atoms with Crippen molar-refractivity contribution in [2.24, 2.45) is 12.0 Å². The number of ether oxygens (including phenoxy) is 1. The Morgan fingerprint density at radius 1 is 1.10 bits per heavy atom. The van der Waals surface area contributed by atoms with Gasteiger partial charge in [0.15, 0.2) is 5.82 Å². The van der Waals surface area contributed by atoms with Crippen LogP contribution in [-0.2, 0) is 23.2 Å². The molecular formula is C22H21N5O3. The minimum atomic E-state index is -1.14. The SMILES string of the molecule is CN1C(=O)[C@@H](NC(=O)OCc2ccccc2)N=C(c2nccn2C)c2ccccc21. The number of nitrogens with one attached hydrogen (secondary N) is 1. The highest BCUT2D eigenvalue weighted by atomic mass is 16.5. The lowest BCUT2D eigenvalue weighted by Crippen LogP contribution is -2.46. The first kappa shape index (κ1) is 19.4. The Labute approximate surface area is 173 Å². The van der Waals surface area contributed by atoms with Crippen molar-refractivity contribution in [1.82, 2.24) is 14.9 Å². The number of benzodiazepines with no additional fused rings is 1. The summed E-state index contributed by atoms with van der Waals surface area (Å²) >= 11 is 0. The fourth-order valence-corrected chi connectivity index (χ4v) is 3.26. The summed E-state index contributed by atoms with van der Waals surface area (Å²) in [5.41, 5.74) is 2.81. The maximum absolute atomic E-state index is 13.0. The largest absolute Gasteiger partial charge is 0.445 e. The number of anilines is 1. The molecule has 0 saturated carbocycles. The van der Waals surface area contributed by atoms with Gasteiger partial charge >= 0.3 is 6.09 Å². The Balaban J connectivity index is 1.63. The molecule has 1 aromatic heterocycles. The Morgan fingerprint density at radius 2 is 1.83 bits per heavy atom. The quantitative estimate of drug-likeness (QED) is 0.725. The summed E-state index contributed by atoms with van der Waals surface area (Å²) in [7, 11) is 3.50. The Morgan fingerprint density at radius 3 is 2.57 bits per heavy atom. The predicted octanol–water partition coefficient (Wildman–Crippen LogP) is 2.49. The van der Waals surface area contributed by atoms with Crippen LogP contribution in [0.2, 0.25) is 0 Å². The first-order chi connectivity index (χ1) is 14.5. The first-order valence-corrected chi connectivity index (χ1v) is 9.44. The van der Waals surface area contributed by atoms with Crippen LogP contribution in [-0.4, -0.2) is 40.5 Å². The molecule has 0 fully saturated rings. The maximum Gasteiger partial charge on any atom is 0.409 e. The molecule has 0 saturated heterocycles. The van der Waals surface area contributed by atoms with Crippen LogP contribution in [0.4, 0.5) is 10.5 Å². The van der Waals surface area contributed by atoms with E-state index in [-0.39, 0.29) is 12.5 Å². The number of benzene rings is 2. The number of alkyl carbamates (subject to hydrolysis) is 1. The molecule has 2 amide bonds. The second-order valence-electron chi connectivity index (χ2n) is 6.86. The van der Waals surface area contributed by atoms with E-state index in [2.05, 4.69) is 15.3 Å². The van der Waals surface area contributed by atoms with E-state index < -0.39 is 12.3 Å². The number of carbonyl (C=O) groups is 2. The first-order valence-electron chi connectivity index (χ1n) is 9.44. The fraction of sp³-hybridized carbons (Fsp3) is 0.182.